The number of methoxy groups -OCH3 is 2. The summed E-state index contributed by atoms with van der Waals surface area (Å²) in [6, 6.07) is 11.8. The minimum atomic E-state index is -3.76. The molecular weight excluding hydrogens is 420 g/mol. The summed E-state index contributed by atoms with van der Waals surface area (Å²) in [6.45, 7) is 2.23. The quantitative estimate of drug-likeness (QED) is 0.404. The van der Waals surface area contributed by atoms with E-state index in [0.29, 0.717) is 35.6 Å². The van der Waals surface area contributed by atoms with Gasteiger partial charge in [-0.1, -0.05) is 6.07 Å². The van der Waals surface area contributed by atoms with Crippen molar-refractivity contribution in [1.82, 2.24) is 19.7 Å². The van der Waals surface area contributed by atoms with Crippen LogP contribution >= 0.6 is 0 Å². The van der Waals surface area contributed by atoms with E-state index in [-0.39, 0.29) is 17.2 Å². The molecule has 0 aliphatic heterocycles. The summed E-state index contributed by atoms with van der Waals surface area (Å²) < 4.78 is 38.1. The normalized spacial score (nSPS) is 11.1. The zero-order valence-electron chi connectivity index (χ0n) is 17.4. The first-order valence-electron chi connectivity index (χ1n) is 9.40. The minimum Gasteiger partial charge on any atom is -0.497 e. The van der Waals surface area contributed by atoms with E-state index in [2.05, 4.69) is 30.3 Å². The number of hydrogen-bond acceptors (Lipinski definition) is 9. The molecular formula is C20H24N6O4S. The van der Waals surface area contributed by atoms with Gasteiger partial charge < -0.3 is 20.1 Å². The van der Waals surface area contributed by atoms with Crippen molar-refractivity contribution in [2.45, 2.75) is 11.8 Å². The molecule has 0 fully saturated rings. The Balaban J connectivity index is 1.60. The number of nitrogens with one attached hydrogen (secondary N) is 3. The Morgan fingerprint density at radius 2 is 1.74 bits per heavy atom. The summed E-state index contributed by atoms with van der Waals surface area (Å²) in [7, 11) is -0.858. The van der Waals surface area contributed by atoms with Gasteiger partial charge in [0.25, 0.3) is 0 Å². The Kier molecular flexibility index (Phi) is 7.21. The molecule has 0 bridgehead atoms. The highest BCUT2D eigenvalue weighted by Gasteiger charge is 2.19. The lowest BCUT2D eigenvalue weighted by molar-refractivity contribution is 0.386. The number of rotatable bonds is 10. The monoisotopic (exact) mass is 444 g/mol. The second-order valence-corrected chi connectivity index (χ2v) is 8.10. The van der Waals surface area contributed by atoms with Crippen LogP contribution in [-0.2, 0) is 10.0 Å². The molecule has 3 rings (SSSR count). The number of aryl methyl sites for hydroxylation is 1. The lowest BCUT2D eigenvalue weighted by Gasteiger charge is -2.13. The van der Waals surface area contributed by atoms with Crippen LogP contribution in [0.3, 0.4) is 0 Å². The Morgan fingerprint density at radius 3 is 2.45 bits per heavy atom. The predicted octanol–water partition coefficient (Wildman–Crippen LogP) is 2.33. The molecule has 31 heavy (non-hydrogen) atoms. The van der Waals surface area contributed by atoms with E-state index in [0.717, 1.165) is 0 Å². The molecule has 0 radical (unpaired) electrons. The van der Waals surface area contributed by atoms with Gasteiger partial charge in [0.05, 0.1) is 14.2 Å². The molecule has 0 spiro atoms. The molecule has 0 saturated carbocycles. The molecule has 2 aromatic heterocycles. The smallest absolute Gasteiger partial charge is 0.244 e. The third kappa shape index (κ3) is 6.03. The number of hydrogen-bond donors (Lipinski definition) is 3. The maximum Gasteiger partial charge on any atom is 0.244 e. The van der Waals surface area contributed by atoms with Gasteiger partial charge in [-0.05, 0) is 31.2 Å². The first-order valence-corrected chi connectivity index (χ1v) is 10.9. The van der Waals surface area contributed by atoms with Gasteiger partial charge in [0.15, 0.2) is 0 Å². The number of aromatic nitrogens is 3. The van der Waals surface area contributed by atoms with E-state index in [4.69, 9.17) is 9.47 Å². The molecule has 0 saturated heterocycles. The van der Waals surface area contributed by atoms with Crippen molar-refractivity contribution in [2.75, 3.05) is 37.9 Å². The van der Waals surface area contributed by atoms with Gasteiger partial charge in [-0.25, -0.2) is 28.1 Å². The van der Waals surface area contributed by atoms with Gasteiger partial charge in [0, 0.05) is 31.4 Å². The molecule has 0 amide bonds. The van der Waals surface area contributed by atoms with Crippen molar-refractivity contribution < 1.29 is 17.9 Å². The number of nitrogens with zero attached hydrogens (tertiary/aromatic N) is 3. The van der Waals surface area contributed by atoms with Crippen LogP contribution in [0.4, 0.5) is 17.5 Å². The predicted molar refractivity (Wildman–Crippen MR) is 118 cm³/mol. The van der Waals surface area contributed by atoms with E-state index in [9.17, 15) is 8.42 Å². The highest BCUT2D eigenvalue weighted by molar-refractivity contribution is 7.89. The summed E-state index contributed by atoms with van der Waals surface area (Å²) in [6.07, 6.45) is 1.68. The van der Waals surface area contributed by atoms with Crippen molar-refractivity contribution >= 4 is 27.5 Å². The molecule has 164 valence electrons. The molecule has 1 aromatic carbocycles. The van der Waals surface area contributed by atoms with Crippen LogP contribution in [0, 0.1) is 6.92 Å². The largest absolute Gasteiger partial charge is 0.497 e. The number of pyridine rings is 1. The van der Waals surface area contributed by atoms with Crippen LogP contribution < -0.4 is 24.8 Å². The minimum absolute atomic E-state index is 0.0375. The first-order chi connectivity index (χ1) is 14.9. The van der Waals surface area contributed by atoms with Crippen LogP contribution in [0.1, 0.15) is 5.82 Å². The zero-order valence-corrected chi connectivity index (χ0v) is 18.2. The lowest BCUT2D eigenvalue weighted by atomic mass is 10.3. The summed E-state index contributed by atoms with van der Waals surface area (Å²) in [5.74, 6) is 3.08. The van der Waals surface area contributed by atoms with Crippen molar-refractivity contribution in [3.8, 4) is 11.5 Å². The summed E-state index contributed by atoms with van der Waals surface area (Å²) >= 11 is 0. The van der Waals surface area contributed by atoms with E-state index < -0.39 is 10.0 Å². The maximum absolute atomic E-state index is 12.6. The fraction of sp³-hybridized carbons (Fsp3) is 0.250. The van der Waals surface area contributed by atoms with E-state index in [1.165, 1.54) is 26.4 Å². The van der Waals surface area contributed by atoms with Gasteiger partial charge >= 0.3 is 0 Å². The first kappa shape index (κ1) is 22.2. The van der Waals surface area contributed by atoms with Crippen LogP contribution in [0.2, 0.25) is 0 Å². The molecule has 3 N–H and O–H groups in total. The Hall–Kier alpha value is -3.44. The van der Waals surface area contributed by atoms with Crippen LogP contribution in [-0.4, -0.2) is 50.7 Å². The van der Waals surface area contributed by atoms with Gasteiger partial charge in [-0.15, -0.1) is 0 Å². The fourth-order valence-corrected chi connectivity index (χ4v) is 3.92. The molecule has 0 unspecified atom stereocenters. The SMILES string of the molecule is COc1ccc(S(=O)(=O)NCCNc2cc(Nc3ccccn3)nc(C)n2)c(OC)c1. The van der Waals surface area contributed by atoms with Crippen LogP contribution in [0.5, 0.6) is 11.5 Å². The average molecular weight is 445 g/mol. The number of anilines is 3. The van der Waals surface area contributed by atoms with Crippen molar-refractivity contribution in [3.05, 3.63) is 54.5 Å². The molecule has 0 atom stereocenters. The lowest BCUT2D eigenvalue weighted by Crippen LogP contribution is -2.29. The fourth-order valence-electron chi connectivity index (χ4n) is 2.74. The van der Waals surface area contributed by atoms with Gasteiger partial charge in [-0.2, -0.15) is 0 Å². The molecule has 2 heterocycles. The average Bonchev–Trinajstić information content (AvgIpc) is 2.76. The number of ether oxygens (including phenoxy) is 2. The topological polar surface area (TPSA) is 127 Å². The van der Waals surface area contributed by atoms with E-state index in [1.807, 2.05) is 18.2 Å². The number of sulfonamides is 1. The zero-order chi connectivity index (χ0) is 22.3. The second kappa shape index (κ2) is 10.0. The molecule has 0 aliphatic rings. The Labute approximate surface area is 181 Å². The van der Waals surface area contributed by atoms with Crippen molar-refractivity contribution in [1.29, 1.82) is 0 Å². The standard InChI is InChI=1S/C20H24N6O4S/c1-14-24-19(13-20(25-14)26-18-6-4-5-9-21-18)22-10-11-23-31(27,28)17-8-7-15(29-2)12-16(17)30-3/h4-9,12-13,23H,10-11H2,1-3H3,(H2,21,22,24,25,26). The third-order valence-corrected chi connectivity index (χ3v) is 5.64. The maximum atomic E-state index is 12.6. The summed E-state index contributed by atoms with van der Waals surface area (Å²) in [4.78, 5) is 12.9. The molecule has 3 aromatic rings. The van der Waals surface area contributed by atoms with Crippen LogP contribution in [0.25, 0.3) is 0 Å². The summed E-state index contributed by atoms with van der Waals surface area (Å²) in [5.41, 5.74) is 0. The third-order valence-electron chi connectivity index (χ3n) is 4.14. The van der Waals surface area contributed by atoms with Crippen molar-refractivity contribution in [3.63, 3.8) is 0 Å². The molecule has 0 aliphatic carbocycles. The van der Waals surface area contributed by atoms with Gasteiger partial charge in [0.1, 0.15) is 39.7 Å². The van der Waals surface area contributed by atoms with Crippen LogP contribution in [0.15, 0.2) is 53.6 Å². The highest BCUT2D eigenvalue weighted by atomic mass is 32.2. The van der Waals surface area contributed by atoms with Crippen molar-refractivity contribution in [2.24, 2.45) is 0 Å². The highest BCUT2D eigenvalue weighted by Crippen LogP contribution is 2.28. The van der Waals surface area contributed by atoms with Gasteiger partial charge in [-0.3, -0.25) is 0 Å². The summed E-state index contributed by atoms with van der Waals surface area (Å²) in [5, 5.41) is 6.20. The van der Waals surface area contributed by atoms with E-state index in [1.54, 1.807) is 25.3 Å². The molecule has 10 nitrogen and oxygen atoms in total. The van der Waals surface area contributed by atoms with E-state index >= 15 is 0 Å². The second-order valence-electron chi connectivity index (χ2n) is 6.37. The Bertz CT molecular complexity index is 1130. The Morgan fingerprint density at radius 1 is 0.935 bits per heavy atom. The van der Waals surface area contributed by atoms with Gasteiger partial charge in [0.2, 0.25) is 10.0 Å². The number of benzene rings is 1. The molecule has 11 heteroatoms.